The molecule has 2 rings (SSSR count). The molecule has 3 amide bonds. The summed E-state index contributed by atoms with van der Waals surface area (Å²) in [6, 6.07) is 16.2. The zero-order chi connectivity index (χ0) is 20.2. The predicted molar refractivity (Wildman–Crippen MR) is 111 cm³/mol. The molecule has 28 heavy (non-hydrogen) atoms. The predicted octanol–water partition coefficient (Wildman–Crippen LogP) is 3.41. The molecule has 0 unspecified atom stereocenters. The Hall–Kier alpha value is -2.54. The van der Waals surface area contributed by atoms with Crippen LogP contribution in [0.2, 0.25) is 0 Å². The highest BCUT2D eigenvalue weighted by molar-refractivity contribution is 7.98. The van der Waals surface area contributed by atoms with Crippen LogP contribution in [0.15, 0.2) is 54.6 Å². The van der Waals surface area contributed by atoms with Crippen molar-refractivity contribution in [2.45, 2.75) is 18.7 Å². The molecular formula is C21H26FN3O2S. The van der Waals surface area contributed by atoms with Gasteiger partial charge in [0.2, 0.25) is 5.91 Å². The van der Waals surface area contributed by atoms with E-state index < -0.39 is 0 Å². The Kier molecular flexibility index (Phi) is 9.34. The number of rotatable bonds is 10. The number of nitrogens with zero attached hydrogens (tertiary/aromatic N) is 1. The first-order chi connectivity index (χ1) is 13.6. The fraction of sp³-hybridized carbons (Fsp3) is 0.333. The van der Waals surface area contributed by atoms with Crippen molar-refractivity contribution in [2.24, 2.45) is 0 Å². The number of amides is 3. The van der Waals surface area contributed by atoms with E-state index in [0.717, 1.165) is 5.56 Å². The van der Waals surface area contributed by atoms with E-state index >= 15 is 0 Å². The topological polar surface area (TPSA) is 61.4 Å². The highest BCUT2D eigenvalue weighted by atomic mass is 32.2. The molecule has 2 N–H and O–H groups in total. The number of carbonyl (C=O) groups excluding carboxylic acids is 2. The third-order valence-corrected chi connectivity index (χ3v) is 5.03. The molecule has 0 saturated carbocycles. The average molecular weight is 404 g/mol. The highest BCUT2D eigenvalue weighted by Crippen LogP contribution is 2.14. The maximum absolute atomic E-state index is 13.5. The summed E-state index contributed by atoms with van der Waals surface area (Å²) in [5.41, 5.74) is 1.71. The summed E-state index contributed by atoms with van der Waals surface area (Å²) in [7, 11) is 1.72. The summed E-state index contributed by atoms with van der Waals surface area (Å²) < 4.78 is 13.5. The Bertz CT molecular complexity index is 758. The molecule has 0 aliphatic rings. The van der Waals surface area contributed by atoms with Crippen LogP contribution in [0.1, 0.15) is 17.5 Å². The lowest BCUT2D eigenvalue weighted by Gasteiger charge is -2.18. The van der Waals surface area contributed by atoms with Crippen LogP contribution in [0.5, 0.6) is 0 Å². The molecule has 2 aromatic rings. The second-order valence-corrected chi connectivity index (χ2v) is 7.42. The summed E-state index contributed by atoms with van der Waals surface area (Å²) in [5.74, 6) is 0.961. The third kappa shape index (κ3) is 8.00. The van der Waals surface area contributed by atoms with E-state index in [4.69, 9.17) is 0 Å². The number of benzene rings is 2. The molecule has 2 aromatic carbocycles. The van der Waals surface area contributed by atoms with E-state index in [1.807, 2.05) is 36.4 Å². The van der Waals surface area contributed by atoms with Gasteiger partial charge in [0.15, 0.2) is 0 Å². The molecule has 0 aliphatic carbocycles. The normalized spacial score (nSPS) is 10.4. The van der Waals surface area contributed by atoms with Gasteiger partial charge in [-0.2, -0.15) is 11.8 Å². The van der Waals surface area contributed by atoms with Crippen LogP contribution in [0.25, 0.3) is 0 Å². The van der Waals surface area contributed by atoms with Gasteiger partial charge in [-0.25, -0.2) is 9.18 Å². The summed E-state index contributed by atoms with van der Waals surface area (Å²) >= 11 is 1.56. The Morgan fingerprint density at radius 1 is 1.00 bits per heavy atom. The lowest BCUT2D eigenvalue weighted by atomic mass is 10.2. The van der Waals surface area contributed by atoms with Gasteiger partial charge in [-0.15, -0.1) is 0 Å². The fourth-order valence-electron chi connectivity index (χ4n) is 2.50. The van der Waals surface area contributed by atoms with Gasteiger partial charge in [0.25, 0.3) is 0 Å². The van der Waals surface area contributed by atoms with Gasteiger partial charge >= 0.3 is 6.03 Å². The molecule has 0 aromatic heterocycles. The quantitative estimate of drug-likeness (QED) is 0.598. The fourth-order valence-corrected chi connectivity index (χ4v) is 3.34. The van der Waals surface area contributed by atoms with E-state index in [9.17, 15) is 14.0 Å². The van der Waals surface area contributed by atoms with Gasteiger partial charge in [-0.1, -0.05) is 48.5 Å². The number of carbonyl (C=O) groups is 2. The van der Waals surface area contributed by atoms with Gasteiger partial charge in [0.1, 0.15) is 5.82 Å². The minimum atomic E-state index is -0.211. The summed E-state index contributed by atoms with van der Waals surface area (Å²) in [6.07, 6.45) is 0.225. The number of hydrogen-bond acceptors (Lipinski definition) is 3. The molecule has 0 saturated heterocycles. The standard InChI is InChI=1S/C21H26FN3O2S/c1-25(15-17-7-3-2-4-8-17)21(27)24-12-11-20(26)23-13-14-28-16-18-9-5-6-10-19(18)22/h2-10H,11-16H2,1H3,(H,23,26)(H,24,27). The first-order valence-corrected chi connectivity index (χ1v) is 10.3. The molecule has 0 radical (unpaired) electrons. The number of nitrogens with one attached hydrogen (secondary N) is 2. The minimum absolute atomic E-state index is 0.113. The summed E-state index contributed by atoms with van der Waals surface area (Å²) in [4.78, 5) is 25.4. The maximum Gasteiger partial charge on any atom is 0.317 e. The van der Waals surface area contributed by atoms with E-state index in [1.54, 1.807) is 35.8 Å². The molecule has 0 atom stereocenters. The second-order valence-electron chi connectivity index (χ2n) is 6.32. The first kappa shape index (κ1) is 21.8. The average Bonchev–Trinajstić information content (AvgIpc) is 2.69. The van der Waals surface area contributed by atoms with Crippen LogP contribution in [-0.4, -0.2) is 42.7 Å². The Morgan fingerprint density at radius 3 is 2.46 bits per heavy atom. The van der Waals surface area contributed by atoms with E-state index in [1.165, 1.54) is 6.07 Å². The molecule has 150 valence electrons. The van der Waals surface area contributed by atoms with E-state index in [2.05, 4.69) is 10.6 Å². The largest absolute Gasteiger partial charge is 0.355 e. The number of hydrogen-bond donors (Lipinski definition) is 2. The van der Waals surface area contributed by atoms with Crippen LogP contribution in [0.3, 0.4) is 0 Å². The van der Waals surface area contributed by atoms with Crippen molar-refractivity contribution in [3.63, 3.8) is 0 Å². The Balaban J connectivity index is 1.53. The lowest BCUT2D eigenvalue weighted by Crippen LogP contribution is -2.39. The van der Waals surface area contributed by atoms with Crippen molar-refractivity contribution in [1.82, 2.24) is 15.5 Å². The summed E-state index contributed by atoms with van der Waals surface area (Å²) in [6.45, 7) is 1.31. The number of thioether (sulfide) groups is 1. The highest BCUT2D eigenvalue weighted by Gasteiger charge is 2.09. The smallest absolute Gasteiger partial charge is 0.317 e. The van der Waals surface area contributed by atoms with Gasteiger partial charge in [0.05, 0.1) is 0 Å². The molecule has 0 spiro atoms. The van der Waals surface area contributed by atoms with Gasteiger partial charge in [-0.05, 0) is 17.2 Å². The van der Waals surface area contributed by atoms with Crippen molar-refractivity contribution in [1.29, 1.82) is 0 Å². The van der Waals surface area contributed by atoms with Crippen LogP contribution >= 0.6 is 11.8 Å². The van der Waals surface area contributed by atoms with Crippen molar-refractivity contribution in [2.75, 3.05) is 25.9 Å². The number of halogens is 1. The monoisotopic (exact) mass is 403 g/mol. The second kappa shape index (κ2) is 12.0. The molecule has 0 heterocycles. The molecule has 5 nitrogen and oxygen atoms in total. The molecule has 0 fully saturated rings. The van der Waals surface area contributed by atoms with Crippen molar-refractivity contribution in [3.8, 4) is 0 Å². The zero-order valence-electron chi connectivity index (χ0n) is 16.0. The summed E-state index contributed by atoms with van der Waals surface area (Å²) in [5, 5.41) is 5.55. The third-order valence-electron chi connectivity index (χ3n) is 4.02. The minimum Gasteiger partial charge on any atom is -0.355 e. The van der Waals surface area contributed by atoms with Crippen LogP contribution < -0.4 is 10.6 Å². The van der Waals surface area contributed by atoms with Crippen molar-refractivity contribution in [3.05, 3.63) is 71.5 Å². The van der Waals surface area contributed by atoms with E-state index in [-0.39, 0.29) is 30.7 Å². The molecular weight excluding hydrogens is 377 g/mol. The first-order valence-electron chi connectivity index (χ1n) is 9.17. The Morgan fingerprint density at radius 2 is 1.71 bits per heavy atom. The van der Waals surface area contributed by atoms with Crippen molar-refractivity contribution >= 4 is 23.7 Å². The van der Waals surface area contributed by atoms with Gasteiger partial charge in [0, 0.05) is 44.6 Å². The van der Waals surface area contributed by atoms with Crippen LogP contribution in [0, 0.1) is 5.82 Å². The van der Waals surface area contributed by atoms with Crippen LogP contribution in [-0.2, 0) is 17.1 Å². The zero-order valence-corrected chi connectivity index (χ0v) is 16.8. The van der Waals surface area contributed by atoms with Gasteiger partial charge < -0.3 is 15.5 Å². The maximum atomic E-state index is 13.5. The van der Waals surface area contributed by atoms with E-state index in [0.29, 0.717) is 30.2 Å². The molecule has 7 heteroatoms. The van der Waals surface area contributed by atoms with Gasteiger partial charge in [-0.3, -0.25) is 4.79 Å². The Labute approximate surface area is 169 Å². The SMILES string of the molecule is CN(Cc1ccccc1)C(=O)NCCC(=O)NCCSCc1ccccc1F. The lowest BCUT2D eigenvalue weighted by molar-refractivity contribution is -0.120. The number of urea groups is 1. The molecule has 0 aliphatic heterocycles. The van der Waals surface area contributed by atoms with Crippen LogP contribution in [0.4, 0.5) is 9.18 Å². The molecule has 0 bridgehead atoms. The van der Waals surface area contributed by atoms with Crippen molar-refractivity contribution < 1.29 is 14.0 Å².